The molecule has 12 heteroatoms. The molecule has 4 rings (SSSR count). The maximum Gasteiger partial charge on any atom is 0.374 e. The summed E-state index contributed by atoms with van der Waals surface area (Å²) in [5, 5.41) is 10.6. The van der Waals surface area contributed by atoms with Gasteiger partial charge in [0.1, 0.15) is 11.6 Å². The van der Waals surface area contributed by atoms with Crippen molar-refractivity contribution in [1.82, 2.24) is 29.8 Å². The van der Waals surface area contributed by atoms with E-state index in [4.69, 9.17) is 9.26 Å². The Balaban J connectivity index is 1.42. The normalized spacial score (nSPS) is 11.8. The van der Waals surface area contributed by atoms with Crippen LogP contribution in [-0.2, 0) is 6.54 Å². The van der Waals surface area contributed by atoms with Crippen LogP contribution >= 0.6 is 22.6 Å². The Morgan fingerprint density at radius 3 is 2.61 bits per heavy atom. The van der Waals surface area contributed by atoms with Crippen molar-refractivity contribution < 1.29 is 18.0 Å². The first kappa shape index (κ1) is 25.9. The fourth-order valence-electron chi connectivity index (χ4n) is 3.44. The molecule has 36 heavy (non-hydrogen) atoms. The van der Waals surface area contributed by atoms with Crippen LogP contribution in [-0.4, -0.2) is 61.1 Å². The van der Waals surface area contributed by atoms with E-state index < -0.39 is 4.05 Å². The molecule has 2 aromatic carbocycles. The molecule has 0 saturated carbocycles. The minimum atomic E-state index is -3.04. The Labute approximate surface area is 221 Å². The van der Waals surface area contributed by atoms with E-state index in [1.54, 1.807) is 16.8 Å². The molecular weight excluding hydrogens is 583 g/mol. The van der Waals surface area contributed by atoms with E-state index in [1.807, 2.05) is 45.3 Å². The van der Waals surface area contributed by atoms with Gasteiger partial charge in [-0.05, 0) is 69.4 Å². The van der Waals surface area contributed by atoms with E-state index in [0.29, 0.717) is 36.2 Å². The van der Waals surface area contributed by atoms with Crippen molar-refractivity contribution in [2.24, 2.45) is 0 Å². The molecular formula is C24H26F2IN7O2. The fourth-order valence-corrected chi connectivity index (χ4v) is 3.75. The highest BCUT2D eigenvalue weighted by Gasteiger charge is 2.23. The summed E-state index contributed by atoms with van der Waals surface area (Å²) >= 11 is 1.02. The van der Waals surface area contributed by atoms with Crippen molar-refractivity contribution in [3.05, 3.63) is 59.9 Å². The van der Waals surface area contributed by atoms with Crippen LogP contribution < -0.4 is 10.1 Å². The predicted molar refractivity (Wildman–Crippen MR) is 140 cm³/mol. The first-order chi connectivity index (χ1) is 17.2. The van der Waals surface area contributed by atoms with E-state index in [1.165, 1.54) is 12.1 Å². The Morgan fingerprint density at radius 1 is 1.11 bits per heavy atom. The zero-order chi connectivity index (χ0) is 25.7. The second-order valence-electron chi connectivity index (χ2n) is 8.42. The first-order valence-corrected chi connectivity index (χ1v) is 12.3. The van der Waals surface area contributed by atoms with Gasteiger partial charge >= 0.3 is 4.05 Å². The number of ether oxygens (including phenoxy) is 1. The molecule has 0 bridgehead atoms. The van der Waals surface area contributed by atoms with Gasteiger partial charge in [-0.2, -0.15) is 13.8 Å². The predicted octanol–water partition coefficient (Wildman–Crippen LogP) is 5.08. The highest BCUT2D eigenvalue weighted by molar-refractivity contribution is 14.1. The number of rotatable bonds is 11. The number of nitrogens with zero attached hydrogens (tertiary/aromatic N) is 6. The van der Waals surface area contributed by atoms with E-state index in [9.17, 15) is 8.78 Å². The summed E-state index contributed by atoms with van der Waals surface area (Å²) in [5.74, 6) is 2.30. The van der Waals surface area contributed by atoms with Crippen molar-refractivity contribution >= 4 is 28.3 Å². The second kappa shape index (κ2) is 11.3. The van der Waals surface area contributed by atoms with Gasteiger partial charge in [-0.1, -0.05) is 17.3 Å². The molecule has 0 unspecified atom stereocenters. The number of halogens is 3. The lowest BCUT2D eigenvalue weighted by Crippen LogP contribution is -2.18. The van der Waals surface area contributed by atoms with Gasteiger partial charge in [0.2, 0.25) is 11.6 Å². The minimum Gasteiger partial charge on any atom is -0.494 e. The van der Waals surface area contributed by atoms with Gasteiger partial charge < -0.3 is 19.5 Å². The lowest BCUT2D eigenvalue weighted by molar-refractivity contribution is 0.160. The maximum absolute atomic E-state index is 13.1. The molecule has 0 radical (unpaired) electrons. The number of alkyl halides is 3. The fraction of sp³-hybridized carbons (Fsp3) is 0.333. The molecule has 2 heterocycles. The molecule has 0 aliphatic heterocycles. The zero-order valence-corrected chi connectivity index (χ0v) is 22.2. The van der Waals surface area contributed by atoms with Crippen molar-refractivity contribution in [3.63, 3.8) is 0 Å². The molecule has 190 valence electrons. The van der Waals surface area contributed by atoms with Gasteiger partial charge in [-0.15, -0.1) is 5.10 Å². The minimum absolute atomic E-state index is 0.172. The number of anilines is 1. The van der Waals surface area contributed by atoms with Crippen molar-refractivity contribution in [2.75, 3.05) is 32.6 Å². The molecule has 0 saturated heterocycles. The summed E-state index contributed by atoms with van der Waals surface area (Å²) in [6.45, 7) is 3.98. The molecule has 2 aromatic heterocycles. The number of aryl methyl sites for hydroxylation is 1. The summed E-state index contributed by atoms with van der Waals surface area (Å²) in [7, 11) is 4.08. The summed E-state index contributed by atoms with van der Waals surface area (Å²) in [4.78, 5) is 11.0. The van der Waals surface area contributed by atoms with Crippen LogP contribution in [0.1, 0.15) is 17.8 Å². The van der Waals surface area contributed by atoms with Gasteiger partial charge in [0, 0.05) is 40.4 Å². The number of benzene rings is 2. The Bertz CT molecular complexity index is 1290. The topological polar surface area (TPSA) is 94.1 Å². The van der Waals surface area contributed by atoms with Crippen LogP contribution in [0.3, 0.4) is 0 Å². The van der Waals surface area contributed by atoms with Gasteiger partial charge in [-0.3, -0.25) is 0 Å². The number of nitrogens with one attached hydrogen (secondary N) is 1. The summed E-state index contributed by atoms with van der Waals surface area (Å²) in [6.07, 6.45) is 0.949. The SMILES string of the molecule is Cc1nc(-c2nc(-c3ccc(NC(F)(F)I)cc3)no2)nn1Cc1cccc(OCCCN(C)C)c1. The molecule has 0 atom stereocenters. The summed E-state index contributed by atoms with van der Waals surface area (Å²) < 4.78 is 36.2. The van der Waals surface area contributed by atoms with Crippen LogP contribution in [0.25, 0.3) is 23.1 Å². The third-order valence-electron chi connectivity index (χ3n) is 5.15. The molecule has 9 nitrogen and oxygen atoms in total. The van der Waals surface area contributed by atoms with Gasteiger partial charge in [0.15, 0.2) is 0 Å². The highest BCUT2D eigenvalue weighted by atomic mass is 127. The van der Waals surface area contributed by atoms with E-state index in [2.05, 4.69) is 30.4 Å². The quantitative estimate of drug-likeness (QED) is 0.109. The van der Waals surface area contributed by atoms with E-state index >= 15 is 0 Å². The number of aromatic nitrogens is 5. The van der Waals surface area contributed by atoms with Gasteiger partial charge in [0.25, 0.3) is 5.89 Å². The second-order valence-corrected chi connectivity index (χ2v) is 9.77. The summed E-state index contributed by atoms with van der Waals surface area (Å²) in [6, 6.07) is 14.2. The Morgan fingerprint density at radius 2 is 1.89 bits per heavy atom. The average Bonchev–Trinajstić information content (AvgIpc) is 3.44. The maximum atomic E-state index is 13.1. The molecule has 0 amide bonds. The van der Waals surface area contributed by atoms with E-state index in [-0.39, 0.29) is 11.6 Å². The first-order valence-electron chi connectivity index (χ1n) is 11.2. The van der Waals surface area contributed by atoms with Crippen LogP contribution in [0.2, 0.25) is 0 Å². The lowest BCUT2D eigenvalue weighted by Gasteiger charge is -2.11. The van der Waals surface area contributed by atoms with Crippen LogP contribution in [0.5, 0.6) is 5.75 Å². The third kappa shape index (κ3) is 7.20. The smallest absolute Gasteiger partial charge is 0.374 e. The standard InChI is InChI=1S/C24H26F2IN7O2/c1-16-28-22(23-29-21(32-36-23)18-8-10-19(11-9-18)30-24(25,26)27)31-34(16)15-17-6-4-7-20(14-17)35-13-5-12-33(2)3/h4,6-11,14,30H,5,12-13,15H2,1-3H3. The van der Waals surface area contributed by atoms with Crippen molar-refractivity contribution in [2.45, 2.75) is 23.9 Å². The highest BCUT2D eigenvalue weighted by Crippen LogP contribution is 2.27. The molecule has 0 fully saturated rings. The van der Waals surface area contributed by atoms with Gasteiger partial charge in [0.05, 0.1) is 13.2 Å². The summed E-state index contributed by atoms with van der Waals surface area (Å²) in [5.41, 5.74) is 1.92. The van der Waals surface area contributed by atoms with Gasteiger partial charge in [-0.25, -0.2) is 9.67 Å². The van der Waals surface area contributed by atoms with Crippen molar-refractivity contribution in [1.29, 1.82) is 0 Å². The van der Waals surface area contributed by atoms with E-state index in [0.717, 1.165) is 46.9 Å². The molecule has 0 aliphatic rings. The third-order valence-corrected chi connectivity index (χ3v) is 5.42. The molecule has 1 N–H and O–H groups in total. The average molecular weight is 609 g/mol. The van der Waals surface area contributed by atoms with Crippen LogP contribution in [0.4, 0.5) is 14.5 Å². The molecule has 4 aromatic rings. The number of hydrogen-bond donors (Lipinski definition) is 1. The zero-order valence-electron chi connectivity index (χ0n) is 20.1. The van der Waals surface area contributed by atoms with Crippen molar-refractivity contribution in [3.8, 4) is 28.9 Å². The largest absolute Gasteiger partial charge is 0.494 e. The van der Waals surface area contributed by atoms with Crippen LogP contribution in [0, 0.1) is 6.92 Å². The van der Waals surface area contributed by atoms with Crippen LogP contribution in [0.15, 0.2) is 53.1 Å². The lowest BCUT2D eigenvalue weighted by atomic mass is 10.2. The monoisotopic (exact) mass is 609 g/mol. The molecule has 0 spiro atoms. The molecule has 0 aliphatic carbocycles. The Hall–Kier alpha value is -3.13. The Kier molecular flexibility index (Phi) is 8.14. The number of hydrogen-bond acceptors (Lipinski definition) is 8.